The summed E-state index contributed by atoms with van der Waals surface area (Å²) >= 11 is 4.59. The molecule has 26 heavy (non-hydrogen) atoms. The Morgan fingerprint density at radius 2 is 1.38 bits per heavy atom. The van der Waals surface area contributed by atoms with Crippen molar-refractivity contribution in [3.63, 3.8) is 0 Å². The number of nitrogens with one attached hydrogen (secondary N) is 1. The van der Waals surface area contributed by atoms with E-state index in [1.54, 1.807) is 14.2 Å². The van der Waals surface area contributed by atoms with Gasteiger partial charge in [-0.3, -0.25) is 0 Å². The second-order valence-corrected chi connectivity index (χ2v) is 8.26. The fourth-order valence-corrected chi connectivity index (χ4v) is 4.84. The molecule has 0 saturated carbocycles. The first-order valence-corrected chi connectivity index (χ1v) is 10.9. The summed E-state index contributed by atoms with van der Waals surface area (Å²) in [6.45, 7) is 2.50. The van der Waals surface area contributed by atoms with E-state index in [1.807, 2.05) is 24.3 Å². The minimum atomic E-state index is 0.871. The average molecular weight is 577 g/mol. The van der Waals surface area contributed by atoms with Crippen molar-refractivity contribution in [2.75, 3.05) is 27.3 Å². The molecule has 0 spiro atoms. The number of benzene rings is 2. The standard InChI is InChI=1S/C16H14I2O2.C5H11N/c1-19-13-7-5-11(6-8-13)3-4-12-9-14(17)16(20-2)15(18)10-12;1-2-4-6-5-3-1/h3-10H,1-2H3;6H,1-5H2/b4-3-;. The summed E-state index contributed by atoms with van der Waals surface area (Å²) in [4.78, 5) is 0. The van der Waals surface area contributed by atoms with Crippen LogP contribution in [0.3, 0.4) is 0 Å². The van der Waals surface area contributed by atoms with Crippen LogP contribution in [0.15, 0.2) is 36.4 Å². The highest BCUT2D eigenvalue weighted by molar-refractivity contribution is 14.1. The molecule has 0 atom stereocenters. The van der Waals surface area contributed by atoms with Crippen molar-refractivity contribution in [3.8, 4) is 11.5 Å². The SMILES string of the molecule is C1CCNCC1.COc1ccc(/C=C\c2cc(I)c(OC)c(I)c2)cc1. The number of halogens is 2. The third-order valence-corrected chi connectivity index (χ3v) is 5.62. The third-order valence-electron chi connectivity index (χ3n) is 4.02. The molecule has 3 rings (SSSR count). The predicted octanol–water partition coefficient (Wildman–Crippen LogP) is 5.84. The van der Waals surface area contributed by atoms with E-state index >= 15 is 0 Å². The molecule has 1 heterocycles. The average Bonchev–Trinajstić information content (AvgIpc) is 2.68. The van der Waals surface area contributed by atoms with Crippen LogP contribution in [0.2, 0.25) is 0 Å². The first kappa shape index (κ1) is 21.5. The zero-order valence-electron chi connectivity index (χ0n) is 15.2. The van der Waals surface area contributed by atoms with E-state index in [1.165, 1.54) is 32.4 Å². The van der Waals surface area contributed by atoms with Gasteiger partial charge in [-0.2, -0.15) is 0 Å². The molecular formula is C21H25I2NO2. The van der Waals surface area contributed by atoms with Gasteiger partial charge < -0.3 is 14.8 Å². The maximum absolute atomic E-state index is 5.37. The van der Waals surface area contributed by atoms with E-state index < -0.39 is 0 Å². The van der Waals surface area contributed by atoms with Gasteiger partial charge in [0.15, 0.2) is 0 Å². The molecule has 2 aromatic rings. The zero-order valence-corrected chi connectivity index (χ0v) is 19.5. The first-order valence-electron chi connectivity index (χ1n) is 8.70. The molecule has 1 saturated heterocycles. The van der Waals surface area contributed by atoms with Gasteiger partial charge in [-0.05, 0) is 107 Å². The van der Waals surface area contributed by atoms with E-state index in [9.17, 15) is 0 Å². The van der Waals surface area contributed by atoms with Crippen LogP contribution in [-0.4, -0.2) is 27.3 Å². The molecule has 1 N–H and O–H groups in total. The van der Waals surface area contributed by atoms with E-state index in [2.05, 4.69) is 74.8 Å². The maximum atomic E-state index is 5.37. The van der Waals surface area contributed by atoms with Gasteiger partial charge >= 0.3 is 0 Å². The Bertz CT molecular complexity index is 676. The number of rotatable bonds is 4. The van der Waals surface area contributed by atoms with E-state index in [4.69, 9.17) is 9.47 Å². The van der Waals surface area contributed by atoms with Gasteiger partial charge in [0, 0.05) is 0 Å². The minimum Gasteiger partial charge on any atom is -0.497 e. The molecule has 0 aliphatic carbocycles. The Hall–Kier alpha value is -0.800. The first-order chi connectivity index (χ1) is 12.6. The Kier molecular flexibility index (Phi) is 9.77. The molecule has 0 bridgehead atoms. The van der Waals surface area contributed by atoms with Crippen LogP contribution in [0.5, 0.6) is 11.5 Å². The second kappa shape index (κ2) is 11.8. The smallest absolute Gasteiger partial charge is 0.145 e. The van der Waals surface area contributed by atoms with Gasteiger partial charge in [0.1, 0.15) is 11.5 Å². The van der Waals surface area contributed by atoms with Crippen LogP contribution in [0.4, 0.5) is 0 Å². The van der Waals surface area contributed by atoms with E-state index in [0.29, 0.717) is 0 Å². The zero-order chi connectivity index (χ0) is 18.8. The molecule has 1 aliphatic heterocycles. The van der Waals surface area contributed by atoms with Crippen molar-refractivity contribution in [3.05, 3.63) is 54.7 Å². The lowest BCUT2D eigenvalue weighted by Crippen LogP contribution is -2.21. The number of piperidine rings is 1. The molecular weight excluding hydrogens is 552 g/mol. The fourth-order valence-electron chi connectivity index (χ4n) is 2.58. The molecule has 3 nitrogen and oxygen atoms in total. The Balaban J connectivity index is 0.000000342. The monoisotopic (exact) mass is 577 g/mol. The Morgan fingerprint density at radius 3 is 1.81 bits per heavy atom. The van der Waals surface area contributed by atoms with Crippen molar-refractivity contribution in [1.29, 1.82) is 0 Å². The van der Waals surface area contributed by atoms with E-state index in [-0.39, 0.29) is 0 Å². The normalized spacial score (nSPS) is 13.8. The molecule has 140 valence electrons. The molecule has 1 fully saturated rings. The summed E-state index contributed by atoms with van der Waals surface area (Å²) in [5.74, 6) is 1.81. The fraction of sp³-hybridized carbons (Fsp3) is 0.333. The van der Waals surface area contributed by atoms with Crippen molar-refractivity contribution in [1.82, 2.24) is 5.32 Å². The van der Waals surface area contributed by atoms with Crippen LogP contribution >= 0.6 is 45.2 Å². The molecule has 5 heteroatoms. The van der Waals surface area contributed by atoms with Crippen molar-refractivity contribution in [2.24, 2.45) is 0 Å². The summed E-state index contributed by atoms with van der Waals surface area (Å²) in [6, 6.07) is 12.2. The lowest BCUT2D eigenvalue weighted by atomic mass is 10.1. The topological polar surface area (TPSA) is 30.5 Å². The summed E-state index contributed by atoms with van der Waals surface area (Å²) < 4.78 is 12.7. The highest BCUT2D eigenvalue weighted by Gasteiger charge is 2.06. The van der Waals surface area contributed by atoms with Crippen LogP contribution in [0.25, 0.3) is 12.2 Å². The molecule has 2 aromatic carbocycles. The predicted molar refractivity (Wildman–Crippen MR) is 127 cm³/mol. The lowest BCUT2D eigenvalue weighted by Gasteiger charge is -2.08. The van der Waals surface area contributed by atoms with Crippen LogP contribution in [-0.2, 0) is 0 Å². The van der Waals surface area contributed by atoms with Gasteiger partial charge in [-0.1, -0.05) is 30.7 Å². The van der Waals surface area contributed by atoms with Gasteiger partial charge in [0.2, 0.25) is 0 Å². The van der Waals surface area contributed by atoms with Crippen LogP contribution < -0.4 is 14.8 Å². The maximum Gasteiger partial charge on any atom is 0.145 e. The number of methoxy groups -OCH3 is 2. The molecule has 0 aromatic heterocycles. The minimum absolute atomic E-state index is 0.871. The summed E-state index contributed by atoms with van der Waals surface area (Å²) in [6.07, 6.45) is 8.41. The van der Waals surface area contributed by atoms with Crippen molar-refractivity contribution >= 4 is 57.3 Å². The highest BCUT2D eigenvalue weighted by Crippen LogP contribution is 2.29. The van der Waals surface area contributed by atoms with Gasteiger partial charge in [-0.25, -0.2) is 0 Å². The highest BCUT2D eigenvalue weighted by atomic mass is 127. The molecule has 0 amide bonds. The summed E-state index contributed by atoms with van der Waals surface area (Å²) in [5.41, 5.74) is 2.31. The number of hydrogen-bond acceptors (Lipinski definition) is 3. The molecule has 0 radical (unpaired) electrons. The van der Waals surface area contributed by atoms with Crippen LogP contribution in [0.1, 0.15) is 30.4 Å². The van der Waals surface area contributed by atoms with E-state index in [0.717, 1.165) is 29.8 Å². The van der Waals surface area contributed by atoms with Crippen molar-refractivity contribution < 1.29 is 9.47 Å². The Labute approximate surface area is 183 Å². The van der Waals surface area contributed by atoms with Crippen LogP contribution in [0, 0.1) is 7.14 Å². The lowest BCUT2D eigenvalue weighted by molar-refractivity contribution is 0.409. The quantitative estimate of drug-likeness (QED) is 0.366. The Morgan fingerprint density at radius 1 is 0.808 bits per heavy atom. The van der Waals surface area contributed by atoms with Crippen molar-refractivity contribution in [2.45, 2.75) is 19.3 Å². The number of hydrogen-bond donors (Lipinski definition) is 1. The molecule has 1 aliphatic rings. The van der Waals surface area contributed by atoms with Gasteiger partial charge in [0.25, 0.3) is 0 Å². The third kappa shape index (κ3) is 7.08. The summed E-state index contributed by atoms with van der Waals surface area (Å²) in [5, 5.41) is 3.28. The summed E-state index contributed by atoms with van der Waals surface area (Å²) in [7, 11) is 3.37. The largest absolute Gasteiger partial charge is 0.497 e. The second-order valence-electron chi connectivity index (χ2n) is 5.93. The van der Waals surface area contributed by atoms with Gasteiger partial charge in [-0.15, -0.1) is 0 Å². The molecule has 0 unspecified atom stereocenters. The number of ether oxygens (including phenoxy) is 2. The van der Waals surface area contributed by atoms with Gasteiger partial charge in [0.05, 0.1) is 21.4 Å².